The van der Waals surface area contributed by atoms with Gasteiger partial charge in [-0.1, -0.05) is 18.2 Å². The number of aliphatic imine (C=N–C) groups is 1. The first-order chi connectivity index (χ1) is 12.1. The third-order valence-electron chi connectivity index (χ3n) is 5.05. The molecule has 1 aliphatic rings. The predicted octanol–water partition coefficient (Wildman–Crippen LogP) is 2.43. The molecule has 1 aromatic heterocycles. The SMILES string of the molecule is CN=C(NCc1nnc(C)n1C)NC(C)c1ccc2c(c1)CCCC2. The molecular formula is C19H28N6. The summed E-state index contributed by atoms with van der Waals surface area (Å²) in [5.74, 6) is 2.56. The quantitative estimate of drug-likeness (QED) is 0.663. The number of hydrogen-bond donors (Lipinski definition) is 2. The van der Waals surface area contributed by atoms with Crippen molar-refractivity contribution in [1.82, 2.24) is 25.4 Å². The highest BCUT2D eigenvalue weighted by Gasteiger charge is 2.14. The number of nitrogens with zero attached hydrogens (tertiary/aromatic N) is 4. The fraction of sp³-hybridized carbons (Fsp3) is 0.526. The maximum absolute atomic E-state index is 4.33. The van der Waals surface area contributed by atoms with E-state index in [4.69, 9.17) is 0 Å². The molecule has 6 nitrogen and oxygen atoms in total. The number of aryl methyl sites for hydroxylation is 3. The van der Waals surface area contributed by atoms with E-state index in [2.05, 4.69) is 50.9 Å². The lowest BCUT2D eigenvalue weighted by molar-refractivity contribution is 0.657. The van der Waals surface area contributed by atoms with Crippen LogP contribution >= 0.6 is 0 Å². The van der Waals surface area contributed by atoms with Crippen LogP contribution in [0.4, 0.5) is 0 Å². The minimum Gasteiger partial charge on any atom is -0.350 e. The maximum atomic E-state index is 4.33. The monoisotopic (exact) mass is 340 g/mol. The zero-order chi connectivity index (χ0) is 17.8. The summed E-state index contributed by atoms with van der Waals surface area (Å²) in [5.41, 5.74) is 4.33. The van der Waals surface area contributed by atoms with E-state index < -0.39 is 0 Å². The summed E-state index contributed by atoms with van der Waals surface area (Å²) in [6, 6.07) is 7.08. The normalized spacial score (nSPS) is 15.6. The first-order valence-corrected chi connectivity index (χ1v) is 9.02. The van der Waals surface area contributed by atoms with E-state index in [1.54, 1.807) is 7.05 Å². The number of nitrogens with one attached hydrogen (secondary N) is 2. The molecule has 0 fully saturated rings. The van der Waals surface area contributed by atoms with Gasteiger partial charge in [0.05, 0.1) is 12.6 Å². The molecule has 6 heteroatoms. The zero-order valence-corrected chi connectivity index (χ0v) is 15.6. The summed E-state index contributed by atoms with van der Waals surface area (Å²) < 4.78 is 1.98. The van der Waals surface area contributed by atoms with Crippen molar-refractivity contribution in [2.75, 3.05) is 7.05 Å². The molecule has 1 heterocycles. The summed E-state index contributed by atoms with van der Waals surface area (Å²) >= 11 is 0. The van der Waals surface area contributed by atoms with Crippen LogP contribution in [0.3, 0.4) is 0 Å². The largest absolute Gasteiger partial charge is 0.350 e. The van der Waals surface area contributed by atoms with Crippen molar-refractivity contribution < 1.29 is 0 Å². The minimum absolute atomic E-state index is 0.194. The van der Waals surface area contributed by atoms with Gasteiger partial charge in [0, 0.05) is 14.1 Å². The summed E-state index contributed by atoms with van der Waals surface area (Å²) in [6.07, 6.45) is 5.04. The second kappa shape index (κ2) is 7.68. The summed E-state index contributed by atoms with van der Waals surface area (Å²) in [4.78, 5) is 4.33. The highest BCUT2D eigenvalue weighted by molar-refractivity contribution is 5.80. The summed E-state index contributed by atoms with van der Waals surface area (Å²) in [6.45, 7) is 4.71. The third-order valence-corrected chi connectivity index (χ3v) is 5.05. The Labute approximate surface area is 149 Å². The Morgan fingerprint density at radius 3 is 2.68 bits per heavy atom. The van der Waals surface area contributed by atoms with Crippen LogP contribution in [0.2, 0.25) is 0 Å². The maximum Gasteiger partial charge on any atom is 0.191 e. The van der Waals surface area contributed by atoms with E-state index in [0.717, 1.165) is 17.6 Å². The number of aromatic nitrogens is 3. The lowest BCUT2D eigenvalue weighted by atomic mass is 9.89. The van der Waals surface area contributed by atoms with Gasteiger partial charge in [-0.25, -0.2) is 0 Å². The first kappa shape index (κ1) is 17.5. The van der Waals surface area contributed by atoms with Gasteiger partial charge in [-0.15, -0.1) is 10.2 Å². The summed E-state index contributed by atoms with van der Waals surface area (Å²) in [5, 5.41) is 15.0. The van der Waals surface area contributed by atoms with E-state index in [1.165, 1.54) is 42.4 Å². The summed E-state index contributed by atoms with van der Waals surface area (Å²) in [7, 11) is 3.76. The number of benzene rings is 1. The predicted molar refractivity (Wildman–Crippen MR) is 101 cm³/mol. The topological polar surface area (TPSA) is 67.1 Å². The molecule has 0 aliphatic heterocycles. The molecule has 1 atom stereocenters. The number of hydrogen-bond acceptors (Lipinski definition) is 3. The Bertz CT molecular complexity index is 761. The number of rotatable bonds is 4. The van der Waals surface area contributed by atoms with E-state index in [0.29, 0.717) is 6.54 Å². The van der Waals surface area contributed by atoms with Gasteiger partial charge in [0.15, 0.2) is 11.8 Å². The molecule has 1 unspecified atom stereocenters. The van der Waals surface area contributed by atoms with Crippen LogP contribution < -0.4 is 10.6 Å². The highest BCUT2D eigenvalue weighted by atomic mass is 15.3. The Hall–Kier alpha value is -2.37. The molecule has 0 saturated heterocycles. The average molecular weight is 340 g/mol. The molecule has 0 spiro atoms. The Morgan fingerprint density at radius 2 is 2.00 bits per heavy atom. The van der Waals surface area contributed by atoms with Crippen LogP contribution in [0.1, 0.15) is 54.1 Å². The second-order valence-corrected chi connectivity index (χ2v) is 6.75. The van der Waals surface area contributed by atoms with Crippen LogP contribution in [-0.4, -0.2) is 27.8 Å². The molecule has 2 aromatic rings. The van der Waals surface area contributed by atoms with Gasteiger partial charge in [0.1, 0.15) is 5.82 Å². The van der Waals surface area contributed by atoms with Gasteiger partial charge < -0.3 is 15.2 Å². The number of fused-ring (bicyclic) bond motifs is 1. The van der Waals surface area contributed by atoms with Crippen molar-refractivity contribution in [1.29, 1.82) is 0 Å². The van der Waals surface area contributed by atoms with E-state index >= 15 is 0 Å². The van der Waals surface area contributed by atoms with Gasteiger partial charge >= 0.3 is 0 Å². The van der Waals surface area contributed by atoms with Gasteiger partial charge in [-0.05, 0) is 56.2 Å². The van der Waals surface area contributed by atoms with Crippen molar-refractivity contribution in [2.45, 2.75) is 52.1 Å². The third kappa shape index (κ3) is 4.00. The Balaban J connectivity index is 1.62. The zero-order valence-electron chi connectivity index (χ0n) is 15.6. The van der Waals surface area contributed by atoms with Crippen LogP contribution in [0.25, 0.3) is 0 Å². The molecule has 2 N–H and O–H groups in total. The van der Waals surface area contributed by atoms with Gasteiger partial charge in [-0.3, -0.25) is 4.99 Å². The van der Waals surface area contributed by atoms with Crippen LogP contribution in [0, 0.1) is 6.92 Å². The van der Waals surface area contributed by atoms with Crippen molar-refractivity contribution in [3.05, 3.63) is 46.5 Å². The molecule has 134 valence electrons. The smallest absolute Gasteiger partial charge is 0.191 e. The van der Waals surface area contributed by atoms with Crippen molar-refractivity contribution in [3.8, 4) is 0 Å². The van der Waals surface area contributed by atoms with Gasteiger partial charge in [0.2, 0.25) is 0 Å². The fourth-order valence-electron chi connectivity index (χ4n) is 3.27. The van der Waals surface area contributed by atoms with E-state index in [9.17, 15) is 0 Å². The lowest BCUT2D eigenvalue weighted by Crippen LogP contribution is -2.38. The molecule has 0 amide bonds. The number of guanidine groups is 1. The van der Waals surface area contributed by atoms with Crippen molar-refractivity contribution in [3.63, 3.8) is 0 Å². The standard InChI is InChI=1S/C19H28N6/c1-13(16-10-9-15-7-5-6-8-17(15)11-16)22-19(20-3)21-12-18-24-23-14(2)25(18)4/h9-11,13H,5-8,12H2,1-4H3,(H2,20,21,22). The molecule has 1 aliphatic carbocycles. The lowest BCUT2D eigenvalue weighted by Gasteiger charge is -2.21. The molecule has 25 heavy (non-hydrogen) atoms. The van der Waals surface area contributed by atoms with Gasteiger partial charge in [-0.2, -0.15) is 0 Å². The van der Waals surface area contributed by atoms with E-state index in [-0.39, 0.29) is 6.04 Å². The fourth-order valence-corrected chi connectivity index (χ4v) is 3.27. The molecule has 0 bridgehead atoms. The van der Waals surface area contributed by atoms with E-state index in [1.807, 2.05) is 18.5 Å². The minimum atomic E-state index is 0.194. The van der Waals surface area contributed by atoms with Crippen molar-refractivity contribution >= 4 is 5.96 Å². The molecule has 3 rings (SSSR count). The highest BCUT2D eigenvalue weighted by Crippen LogP contribution is 2.24. The van der Waals surface area contributed by atoms with Crippen LogP contribution in [-0.2, 0) is 26.4 Å². The first-order valence-electron chi connectivity index (χ1n) is 9.02. The Kier molecular flexibility index (Phi) is 5.36. The van der Waals surface area contributed by atoms with Crippen LogP contribution in [0.5, 0.6) is 0 Å². The molecule has 1 aromatic carbocycles. The molecule has 0 saturated carbocycles. The van der Waals surface area contributed by atoms with Crippen LogP contribution in [0.15, 0.2) is 23.2 Å². The molecule has 0 radical (unpaired) electrons. The molecular weight excluding hydrogens is 312 g/mol. The second-order valence-electron chi connectivity index (χ2n) is 6.75. The average Bonchev–Trinajstić information content (AvgIpc) is 2.96. The Morgan fingerprint density at radius 1 is 1.24 bits per heavy atom. The van der Waals surface area contributed by atoms with Gasteiger partial charge in [0.25, 0.3) is 0 Å². The van der Waals surface area contributed by atoms with Crippen molar-refractivity contribution in [2.24, 2.45) is 12.0 Å².